The Morgan fingerprint density at radius 2 is 1.68 bits per heavy atom. The maximum atomic E-state index is 12.6. The molecule has 0 spiro atoms. The molecule has 0 amide bonds. The van der Waals surface area contributed by atoms with Gasteiger partial charge < -0.3 is 5.11 Å². The Morgan fingerprint density at radius 1 is 1.14 bits per heavy atom. The second-order valence-electron chi connectivity index (χ2n) is 5.29. The molecule has 1 atom stereocenters. The van der Waals surface area contributed by atoms with Crippen LogP contribution in [0.3, 0.4) is 0 Å². The molecule has 124 valence electrons. The minimum Gasteiger partial charge on any atom is -0.395 e. The molecule has 0 aliphatic carbocycles. The Labute approximate surface area is 141 Å². The van der Waals surface area contributed by atoms with Crippen molar-refractivity contribution in [2.24, 2.45) is 0 Å². The Balaban J connectivity index is 2.12. The maximum absolute atomic E-state index is 12.6. The molecule has 1 unspecified atom stereocenters. The van der Waals surface area contributed by atoms with Crippen molar-refractivity contribution in [3.8, 4) is 0 Å². The molecule has 22 heavy (non-hydrogen) atoms. The van der Waals surface area contributed by atoms with Crippen molar-refractivity contribution in [2.75, 3.05) is 32.8 Å². The number of halogens is 2. The average Bonchev–Trinajstić information content (AvgIpc) is 2.48. The summed E-state index contributed by atoms with van der Waals surface area (Å²) in [7, 11) is -3.59. The van der Waals surface area contributed by atoms with E-state index in [1.165, 1.54) is 22.5 Å². The van der Waals surface area contributed by atoms with Gasteiger partial charge >= 0.3 is 0 Å². The molecule has 0 radical (unpaired) electrons. The lowest BCUT2D eigenvalue weighted by molar-refractivity contribution is 0.0881. The Bertz CT molecular complexity index is 592. The first kappa shape index (κ1) is 18.0. The van der Waals surface area contributed by atoms with Gasteiger partial charge in [-0.1, -0.05) is 30.1 Å². The van der Waals surface area contributed by atoms with Crippen LogP contribution in [0.2, 0.25) is 10.0 Å². The molecule has 2 rings (SSSR count). The fraction of sp³-hybridized carbons (Fsp3) is 0.571. The van der Waals surface area contributed by atoms with E-state index < -0.39 is 10.0 Å². The highest BCUT2D eigenvalue weighted by Crippen LogP contribution is 2.25. The van der Waals surface area contributed by atoms with Gasteiger partial charge in [-0.3, -0.25) is 4.90 Å². The van der Waals surface area contributed by atoms with Gasteiger partial charge in [0.1, 0.15) is 0 Å². The van der Waals surface area contributed by atoms with Crippen LogP contribution in [0.25, 0.3) is 0 Å². The normalized spacial score (nSPS) is 19.3. The van der Waals surface area contributed by atoms with E-state index in [0.717, 1.165) is 6.42 Å². The predicted octanol–water partition coefficient (Wildman–Crippen LogP) is 2.07. The number of nitrogens with zero attached hydrogens (tertiary/aromatic N) is 2. The van der Waals surface area contributed by atoms with Crippen LogP contribution in [0.1, 0.15) is 13.3 Å². The number of piperazine rings is 1. The molecule has 1 heterocycles. The van der Waals surface area contributed by atoms with Gasteiger partial charge in [0.2, 0.25) is 10.0 Å². The van der Waals surface area contributed by atoms with Gasteiger partial charge in [0.25, 0.3) is 0 Å². The fourth-order valence-electron chi connectivity index (χ4n) is 2.64. The van der Waals surface area contributed by atoms with Crippen molar-refractivity contribution in [3.63, 3.8) is 0 Å². The Hall–Kier alpha value is -0.370. The topological polar surface area (TPSA) is 60.9 Å². The molecule has 5 nitrogen and oxygen atoms in total. The minimum atomic E-state index is -3.59. The number of aliphatic hydroxyl groups is 1. The fourth-order valence-corrected chi connectivity index (χ4v) is 4.79. The zero-order valence-corrected chi connectivity index (χ0v) is 14.7. The first-order chi connectivity index (χ1) is 10.4. The van der Waals surface area contributed by atoms with Gasteiger partial charge in [0, 0.05) is 42.3 Å². The van der Waals surface area contributed by atoms with Gasteiger partial charge in [0.05, 0.1) is 11.5 Å². The summed E-state index contributed by atoms with van der Waals surface area (Å²) in [5, 5.41) is 9.94. The predicted molar refractivity (Wildman–Crippen MR) is 88.0 cm³/mol. The van der Waals surface area contributed by atoms with E-state index in [2.05, 4.69) is 4.90 Å². The summed E-state index contributed by atoms with van der Waals surface area (Å²) in [5.74, 6) is 0. The number of hydrogen-bond acceptors (Lipinski definition) is 4. The first-order valence-corrected chi connectivity index (χ1v) is 9.39. The van der Waals surface area contributed by atoms with Crippen molar-refractivity contribution in [1.29, 1.82) is 0 Å². The second-order valence-corrected chi connectivity index (χ2v) is 8.10. The van der Waals surface area contributed by atoms with Crippen LogP contribution < -0.4 is 0 Å². The SMILES string of the molecule is CCC(CO)N1CCN(S(=O)(=O)c2cc(Cl)cc(Cl)c2)CC1. The van der Waals surface area contributed by atoms with Gasteiger partial charge in [-0.15, -0.1) is 0 Å². The number of rotatable bonds is 5. The van der Waals surface area contributed by atoms with Crippen LogP contribution in [-0.2, 0) is 10.0 Å². The highest BCUT2D eigenvalue weighted by molar-refractivity contribution is 7.89. The van der Waals surface area contributed by atoms with E-state index >= 15 is 0 Å². The third-order valence-corrected chi connectivity index (χ3v) is 6.26. The third-order valence-electron chi connectivity index (χ3n) is 3.95. The summed E-state index contributed by atoms with van der Waals surface area (Å²) >= 11 is 11.8. The van der Waals surface area contributed by atoms with E-state index in [-0.39, 0.29) is 17.5 Å². The molecular formula is C14H20Cl2N2O3S. The van der Waals surface area contributed by atoms with Crippen LogP contribution in [0.4, 0.5) is 0 Å². The summed E-state index contributed by atoms with van der Waals surface area (Å²) in [6.45, 7) is 4.09. The molecule has 8 heteroatoms. The highest BCUT2D eigenvalue weighted by atomic mass is 35.5. The van der Waals surface area contributed by atoms with Crippen LogP contribution >= 0.6 is 23.2 Å². The van der Waals surface area contributed by atoms with E-state index in [1.54, 1.807) is 0 Å². The quantitative estimate of drug-likeness (QED) is 0.866. The molecule has 0 bridgehead atoms. The van der Waals surface area contributed by atoms with Gasteiger partial charge in [-0.05, 0) is 24.6 Å². The summed E-state index contributed by atoms with van der Waals surface area (Å²) in [4.78, 5) is 2.24. The van der Waals surface area contributed by atoms with E-state index in [4.69, 9.17) is 23.2 Å². The number of hydrogen-bond donors (Lipinski definition) is 1. The van der Waals surface area contributed by atoms with Crippen LogP contribution in [-0.4, -0.2) is 61.6 Å². The molecule has 1 aromatic rings. The van der Waals surface area contributed by atoms with Crippen molar-refractivity contribution < 1.29 is 13.5 Å². The smallest absolute Gasteiger partial charge is 0.243 e. The third kappa shape index (κ3) is 3.93. The maximum Gasteiger partial charge on any atom is 0.243 e. The lowest BCUT2D eigenvalue weighted by Crippen LogP contribution is -2.52. The molecule has 1 aliphatic rings. The molecule has 1 saturated heterocycles. The number of benzene rings is 1. The molecule has 1 fully saturated rings. The zero-order chi connectivity index (χ0) is 16.3. The van der Waals surface area contributed by atoms with E-state index in [1.807, 2.05) is 6.92 Å². The van der Waals surface area contributed by atoms with E-state index in [9.17, 15) is 13.5 Å². The number of aliphatic hydroxyl groups excluding tert-OH is 1. The monoisotopic (exact) mass is 366 g/mol. The average molecular weight is 367 g/mol. The molecule has 1 N–H and O–H groups in total. The molecule has 0 aromatic heterocycles. The minimum absolute atomic E-state index is 0.0884. The zero-order valence-electron chi connectivity index (χ0n) is 12.4. The summed E-state index contributed by atoms with van der Waals surface area (Å²) in [5.41, 5.74) is 0. The van der Waals surface area contributed by atoms with Gasteiger partial charge in [-0.25, -0.2) is 8.42 Å². The van der Waals surface area contributed by atoms with Crippen molar-refractivity contribution in [1.82, 2.24) is 9.21 Å². The van der Waals surface area contributed by atoms with Crippen LogP contribution in [0, 0.1) is 0 Å². The largest absolute Gasteiger partial charge is 0.395 e. The van der Waals surface area contributed by atoms with Crippen molar-refractivity contribution in [3.05, 3.63) is 28.2 Å². The Kier molecular flexibility index (Phi) is 6.10. The lowest BCUT2D eigenvalue weighted by atomic mass is 10.2. The van der Waals surface area contributed by atoms with Crippen LogP contribution in [0.5, 0.6) is 0 Å². The van der Waals surface area contributed by atoms with Crippen molar-refractivity contribution in [2.45, 2.75) is 24.3 Å². The highest BCUT2D eigenvalue weighted by Gasteiger charge is 2.30. The number of sulfonamides is 1. The standard InChI is InChI=1S/C14H20Cl2N2O3S/c1-2-13(10-19)17-3-5-18(6-4-17)22(20,21)14-8-11(15)7-12(16)9-14/h7-9,13,19H,2-6,10H2,1H3. The van der Waals surface area contributed by atoms with Crippen LogP contribution in [0.15, 0.2) is 23.1 Å². The first-order valence-electron chi connectivity index (χ1n) is 7.19. The van der Waals surface area contributed by atoms with Gasteiger partial charge in [0.15, 0.2) is 0 Å². The molecular weight excluding hydrogens is 347 g/mol. The molecule has 1 aromatic carbocycles. The molecule has 1 aliphatic heterocycles. The Morgan fingerprint density at radius 3 is 2.14 bits per heavy atom. The summed E-state index contributed by atoms with van der Waals surface area (Å²) < 4.78 is 26.7. The lowest BCUT2D eigenvalue weighted by Gasteiger charge is -2.37. The summed E-state index contributed by atoms with van der Waals surface area (Å²) in [6, 6.07) is 4.42. The second kappa shape index (κ2) is 7.47. The van der Waals surface area contributed by atoms with Gasteiger partial charge in [-0.2, -0.15) is 4.31 Å². The summed E-state index contributed by atoms with van der Waals surface area (Å²) in [6.07, 6.45) is 0.840. The van der Waals surface area contributed by atoms with E-state index in [0.29, 0.717) is 36.2 Å². The van der Waals surface area contributed by atoms with Crippen molar-refractivity contribution >= 4 is 33.2 Å². The molecule has 0 saturated carbocycles.